The van der Waals surface area contributed by atoms with Crippen LogP contribution in [-0.4, -0.2) is 22.7 Å². The lowest BCUT2D eigenvalue weighted by Gasteiger charge is -2.06. The second-order valence-corrected chi connectivity index (χ2v) is 5.81. The van der Waals surface area contributed by atoms with E-state index < -0.39 is 0 Å². The number of aromatic nitrogens is 2. The molecule has 0 bridgehead atoms. The van der Waals surface area contributed by atoms with E-state index in [-0.39, 0.29) is 12.7 Å². The monoisotopic (exact) mass is 323 g/mol. The summed E-state index contributed by atoms with van der Waals surface area (Å²) in [6.45, 7) is 2.62. The van der Waals surface area contributed by atoms with Crippen LogP contribution < -0.4 is 14.8 Å². The molecule has 122 valence electrons. The van der Waals surface area contributed by atoms with Crippen LogP contribution in [0.1, 0.15) is 17.0 Å². The molecule has 2 N–H and O–H groups in total. The van der Waals surface area contributed by atoms with E-state index in [1.807, 2.05) is 43.3 Å². The summed E-state index contributed by atoms with van der Waals surface area (Å²) < 4.78 is 10.6. The molecule has 0 saturated heterocycles. The second-order valence-electron chi connectivity index (χ2n) is 5.81. The number of carbonyl (C=O) groups excluding carboxylic acids is 1. The summed E-state index contributed by atoms with van der Waals surface area (Å²) in [7, 11) is 0. The predicted octanol–water partition coefficient (Wildman–Crippen LogP) is 2.46. The Kier molecular flexibility index (Phi) is 3.57. The summed E-state index contributed by atoms with van der Waals surface area (Å²) in [6.07, 6.45) is 0.332. The minimum Gasteiger partial charge on any atom is -0.454 e. The highest BCUT2D eigenvalue weighted by molar-refractivity contribution is 5.81. The summed E-state index contributed by atoms with van der Waals surface area (Å²) in [4.78, 5) is 19.7. The zero-order chi connectivity index (χ0) is 16.5. The second kappa shape index (κ2) is 5.88. The molecule has 0 atom stereocenters. The maximum absolute atomic E-state index is 12.2. The Bertz CT molecular complexity index is 917. The van der Waals surface area contributed by atoms with Gasteiger partial charge in [-0.05, 0) is 42.3 Å². The van der Waals surface area contributed by atoms with Crippen LogP contribution in [0.3, 0.4) is 0 Å². The molecule has 0 saturated carbocycles. The molecule has 0 unspecified atom stereocenters. The Balaban J connectivity index is 1.38. The first-order valence-corrected chi connectivity index (χ1v) is 7.78. The Labute approximate surface area is 138 Å². The lowest BCUT2D eigenvalue weighted by atomic mass is 10.1. The maximum Gasteiger partial charge on any atom is 0.231 e. The van der Waals surface area contributed by atoms with Crippen LogP contribution in [0.2, 0.25) is 0 Å². The largest absolute Gasteiger partial charge is 0.454 e. The molecule has 0 radical (unpaired) electrons. The molecule has 0 spiro atoms. The van der Waals surface area contributed by atoms with E-state index in [4.69, 9.17) is 9.47 Å². The number of ether oxygens (including phenoxy) is 2. The van der Waals surface area contributed by atoms with Crippen LogP contribution in [0, 0.1) is 6.92 Å². The number of nitrogens with one attached hydrogen (secondary N) is 2. The van der Waals surface area contributed by atoms with Crippen LogP contribution in [0.25, 0.3) is 11.0 Å². The molecule has 6 heteroatoms. The van der Waals surface area contributed by atoms with E-state index >= 15 is 0 Å². The molecule has 2 heterocycles. The number of H-pyrrole nitrogens is 1. The first kappa shape index (κ1) is 14.6. The molecule has 24 heavy (non-hydrogen) atoms. The lowest BCUT2D eigenvalue weighted by molar-refractivity contribution is -0.120. The maximum atomic E-state index is 12.2. The summed E-state index contributed by atoms with van der Waals surface area (Å²) in [6, 6.07) is 11.5. The topological polar surface area (TPSA) is 76.2 Å². The lowest BCUT2D eigenvalue weighted by Crippen LogP contribution is -2.24. The van der Waals surface area contributed by atoms with Crippen molar-refractivity contribution < 1.29 is 14.3 Å². The van der Waals surface area contributed by atoms with Crippen molar-refractivity contribution in [3.63, 3.8) is 0 Å². The third-order valence-corrected chi connectivity index (χ3v) is 3.96. The number of hydrogen-bond acceptors (Lipinski definition) is 4. The van der Waals surface area contributed by atoms with E-state index in [1.54, 1.807) is 0 Å². The smallest absolute Gasteiger partial charge is 0.231 e. The number of nitrogens with zero attached hydrogens (tertiary/aromatic N) is 1. The minimum atomic E-state index is -0.0248. The number of imidazole rings is 1. The van der Waals surface area contributed by atoms with Crippen molar-refractivity contribution in [1.29, 1.82) is 0 Å². The molecule has 4 rings (SSSR count). The fourth-order valence-corrected chi connectivity index (χ4v) is 2.79. The minimum absolute atomic E-state index is 0.0248. The van der Waals surface area contributed by atoms with Gasteiger partial charge < -0.3 is 19.8 Å². The van der Waals surface area contributed by atoms with E-state index in [0.717, 1.165) is 39.5 Å². The molecule has 0 aliphatic carbocycles. The number of benzene rings is 2. The number of aryl methyl sites for hydroxylation is 1. The average molecular weight is 323 g/mol. The van der Waals surface area contributed by atoms with Crippen LogP contribution in [0.15, 0.2) is 36.4 Å². The van der Waals surface area contributed by atoms with Crippen LogP contribution in [0.4, 0.5) is 0 Å². The molecular formula is C18H17N3O3. The van der Waals surface area contributed by atoms with Crippen molar-refractivity contribution in [2.75, 3.05) is 6.79 Å². The molecule has 0 fully saturated rings. The first-order valence-electron chi connectivity index (χ1n) is 7.78. The number of hydrogen-bond donors (Lipinski definition) is 2. The summed E-state index contributed by atoms with van der Waals surface area (Å²) in [5.74, 6) is 2.31. The van der Waals surface area contributed by atoms with Crippen LogP contribution in [-0.2, 0) is 17.8 Å². The van der Waals surface area contributed by atoms with Crippen molar-refractivity contribution in [2.45, 2.75) is 19.9 Å². The fraction of sp³-hybridized carbons (Fsp3) is 0.222. The highest BCUT2D eigenvalue weighted by Gasteiger charge is 2.13. The molecule has 2 aromatic carbocycles. The highest BCUT2D eigenvalue weighted by atomic mass is 16.7. The van der Waals surface area contributed by atoms with Gasteiger partial charge in [-0.15, -0.1) is 0 Å². The molecule has 3 aromatic rings. The molecule has 1 aliphatic rings. The van der Waals surface area contributed by atoms with Crippen molar-refractivity contribution in [1.82, 2.24) is 15.3 Å². The van der Waals surface area contributed by atoms with Gasteiger partial charge in [-0.2, -0.15) is 0 Å². The normalized spacial score (nSPS) is 12.5. The van der Waals surface area contributed by atoms with Crippen molar-refractivity contribution in [3.8, 4) is 11.5 Å². The number of carbonyl (C=O) groups is 1. The number of aromatic amines is 1. The van der Waals surface area contributed by atoms with Gasteiger partial charge in [0.05, 0.1) is 17.5 Å². The predicted molar refractivity (Wildman–Crippen MR) is 88.9 cm³/mol. The third-order valence-electron chi connectivity index (χ3n) is 3.96. The molecule has 1 amide bonds. The standard InChI is InChI=1S/C18H17N3O3/c1-11-20-14-4-2-12(6-15(14)21-11)8-18(22)19-9-13-3-5-16-17(7-13)24-10-23-16/h2-7H,8-10H2,1H3,(H,19,22)(H,20,21). The quantitative estimate of drug-likeness (QED) is 0.773. The zero-order valence-corrected chi connectivity index (χ0v) is 13.3. The number of amides is 1. The zero-order valence-electron chi connectivity index (χ0n) is 13.3. The molecule has 6 nitrogen and oxygen atoms in total. The van der Waals surface area contributed by atoms with Gasteiger partial charge in [0.15, 0.2) is 11.5 Å². The van der Waals surface area contributed by atoms with Gasteiger partial charge in [-0.3, -0.25) is 4.79 Å². The average Bonchev–Trinajstić information content (AvgIpc) is 3.17. The fourth-order valence-electron chi connectivity index (χ4n) is 2.79. The van der Waals surface area contributed by atoms with Gasteiger partial charge in [0.1, 0.15) is 5.82 Å². The van der Waals surface area contributed by atoms with Gasteiger partial charge in [0.25, 0.3) is 0 Å². The van der Waals surface area contributed by atoms with Crippen molar-refractivity contribution >= 4 is 16.9 Å². The van der Waals surface area contributed by atoms with Gasteiger partial charge in [0, 0.05) is 6.54 Å². The molecule has 1 aromatic heterocycles. The van der Waals surface area contributed by atoms with E-state index in [2.05, 4.69) is 15.3 Å². The van der Waals surface area contributed by atoms with Crippen molar-refractivity contribution in [2.24, 2.45) is 0 Å². The van der Waals surface area contributed by atoms with Crippen molar-refractivity contribution in [3.05, 3.63) is 53.3 Å². The molecular weight excluding hydrogens is 306 g/mol. The summed E-state index contributed by atoms with van der Waals surface area (Å²) in [5, 5.41) is 2.93. The Morgan fingerprint density at radius 2 is 2.00 bits per heavy atom. The van der Waals surface area contributed by atoms with Crippen LogP contribution >= 0.6 is 0 Å². The van der Waals surface area contributed by atoms with Gasteiger partial charge in [0.2, 0.25) is 12.7 Å². The first-order chi connectivity index (χ1) is 11.7. The van der Waals surface area contributed by atoms with Gasteiger partial charge >= 0.3 is 0 Å². The SMILES string of the molecule is Cc1nc2ccc(CC(=O)NCc3ccc4c(c3)OCO4)cc2[nH]1. The number of fused-ring (bicyclic) bond motifs is 2. The summed E-state index contributed by atoms with van der Waals surface area (Å²) >= 11 is 0. The Morgan fingerprint density at radius 1 is 1.17 bits per heavy atom. The van der Waals surface area contributed by atoms with E-state index in [1.165, 1.54) is 0 Å². The summed E-state index contributed by atoms with van der Waals surface area (Å²) in [5.41, 5.74) is 3.80. The van der Waals surface area contributed by atoms with Gasteiger partial charge in [-0.25, -0.2) is 4.98 Å². The third kappa shape index (κ3) is 2.90. The molecule has 1 aliphatic heterocycles. The Hall–Kier alpha value is -3.02. The van der Waals surface area contributed by atoms with Gasteiger partial charge in [-0.1, -0.05) is 12.1 Å². The Morgan fingerprint density at radius 3 is 2.92 bits per heavy atom. The highest BCUT2D eigenvalue weighted by Crippen LogP contribution is 2.32. The van der Waals surface area contributed by atoms with E-state index in [0.29, 0.717) is 13.0 Å². The number of rotatable bonds is 4. The van der Waals surface area contributed by atoms with Crippen LogP contribution in [0.5, 0.6) is 11.5 Å². The van der Waals surface area contributed by atoms with E-state index in [9.17, 15) is 4.79 Å².